The Hall–Kier alpha value is -1.28. The van der Waals surface area contributed by atoms with E-state index in [2.05, 4.69) is 12.6 Å². The lowest BCUT2D eigenvalue weighted by Crippen LogP contribution is -1.85. The predicted molar refractivity (Wildman–Crippen MR) is 56.6 cm³/mol. The molecule has 2 heteroatoms. The molecule has 0 radical (unpaired) electrons. The Kier molecular flexibility index (Phi) is 2.07. The minimum atomic E-state index is 0.668. The monoisotopic (exact) mass is 188 g/mol. The van der Waals surface area contributed by atoms with E-state index in [1.165, 1.54) is 0 Å². The maximum atomic E-state index is 10.8. The van der Waals surface area contributed by atoms with Gasteiger partial charge in [-0.05, 0) is 16.8 Å². The maximum absolute atomic E-state index is 10.8. The van der Waals surface area contributed by atoms with Crippen LogP contribution >= 0.6 is 12.6 Å². The first kappa shape index (κ1) is 8.32. The number of rotatable bonds is 1. The van der Waals surface area contributed by atoms with Gasteiger partial charge >= 0.3 is 0 Å². The molecule has 0 saturated carbocycles. The van der Waals surface area contributed by atoms with Crippen LogP contribution in [0.5, 0.6) is 0 Å². The summed E-state index contributed by atoms with van der Waals surface area (Å²) in [5, 5.41) is 2.03. The number of benzene rings is 2. The van der Waals surface area contributed by atoms with Crippen LogP contribution in [0.1, 0.15) is 10.4 Å². The summed E-state index contributed by atoms with van der Waals surface area (Å²) in [7, 11) is 0. The molecule has 0 bridgehead atoms. The second kappa shape index (κ2) is 3.23. The lowest BCUT2D eigenvalue weighted by molar-refractivity contribution is 0.112. The van der Waals surface area contributed by atoms with Crippen molar-refractivity contribution in [1.29, 1.82) is 0 Å². The Bertz CT molecular complexity index is 463. The smallest absolute Gasteiger partial charge is 0.151 e. The molecule has 0 aliphatic rings. The van der Waals surface area contributed by atoms with E-state index < -0.39 is 0 Å². The van der Waals surface area contributed by atoms with Crippen molar-refractivity contribution in [2.24, 2.45) is 0 Å². The Morgan fingerprint density at radius 1 is 1.08 bits per heavy atom. The molecule has 2 rings (SSSR count). The molecule has 2 aromatic carbocycles. The van der Waals surface area contributed by atoms with Gasteiger partial charge in [0.05, 0.1) is 0 Å². The minimum Gasteiger partial charge on any atom is -0.298 e. The van der Waals surface area contributed by atoms with Crippen LogP contribution in [-0.2, 0) is 0 Å². The minimum absolute atomic E-state index is 0.668. The molecule has 0 saturated heterocycles. The SMILES string of the molecule is O=Cc1c(S)ccc2ccccc12. The van der Waals surface area contributed by atoms with Crippen molar-refractivity contribution in [3.05, 3.63) is 42.0 Å². The Labute approximate surface area is 81.8 Å². The van der Waals surface area contributed by atoms with E-state index in [1.54, 1.807) is 0 Å². The van der Waals surface area contributed by atoms with E-state index in [9.17, 15) is 4.79 Å². The highest BCUT2D eigenvalue weighted by molar-refractivity contribution is 7.80. The zero-order chi connectivity index (χ0) is 9.26. The molecule has 0 aliphatic carbocycles. The summed E-state index contributed by atoms with van der Waals surface area (Å²) in [6.45, 7) is 0. The van der Waals surface area contributed by atoms with Crippen LogP contribution in [0.25, 0.3) is 10.8 Å². The van der Waals surface area contributed by atoms with Gasteiger partial charge in [0.1, 0.15) is 0 Å². The molecule has 0 aromatic heterocycles. The van der Waals surface area contributed by atoms with Crippen LogP contribution in [0.2, 0.25) is 0 Å². The second-order valence-electron chi connectivity index (χ2n) is 2.84. The first-order valence-corrected chi connectivity index (χ1v) is 4.43. The van der Waals surface area contributed by atoms with Crippen LogP contribution in [0.4, 0.5) is 0 Å². The molecule has 0 amide bonds. The highest BCUT2D eigenvalue weighted by atomic mass is 32.1. The topological polar surface area (TPSA) is 17.1 Å². The number of carbonyl (C=O) groups excluding carboxylic acids is 1. The van der Waals surface area contributed by atoms with Crippen LogP contribution in [0.3, 0.4) is 0 Å². The lowest BCUT2D eigenvalue weighted by atomic mass is 10.1. The van der Waals surface area contributed by atoms with E-state index >= 15 is 0 Å². The number of fused-ring (bicyclic) bond motifs is 1. The first-order valence-electron chi connectivity index (χ1n) is 3.99. The van der Waals surface area contributed by atoms with Gasteiger partial charge in [0.25, 0.3) is 0 Å². The summed E-state index contributed by atoms with van der Waals surface area (Å²) in [5.74, 6) is 0. The van der Waals surface area contributed by atoms with Gasteiger partial charge in [0.2, 0.25) is 0 Å². The third-order valence-corrected chi connectivity index (χ3v) is 2.46. The van der Waals surface area contributed by atoms with Crippen molar-refractivity contribution in [2.45, 2.75) is 4.90 Å². The van der Waals surface area contributed by atoms with E-state index in [0.29, 0.717) is 5.56 Å². The van der Waals surface area contributed by atoms with Crippen molar-refractivity contribution in [1.82, 2.24) is 0 Å². The summed E-state index contributed by atoms with van der Waals surface area (Å²) >= 11 is 4.22. The number of thiol groups is 1. The van der Waals surface area contributed by atoms with Gasteiger partial charge in [0.15, 0.2) is 6.29 Å². The zero-order valence-corrected chi connectivity index (χ0v) is 7.79. The fourth-order valence-electron chi connectivity index (χ4n) is 1.41. The average molecular weight is 188 g/mol. The number of hydrogen-bond donors (Lipinski definition) is 1. The Morgan fingerprint density at radius 2 is 1.85 bits per heavy atom. The van der Waals surface area contributed by atoms with Gasteiger partial charge in [-0.1, -0.05) is 30.3 Å². The Morgan fingerprint density at radius 3 is 2.62 bits per heavy atom. The quantitative estimate of drug-likeness (QED) is 0.538. The highest BCUT2D eigenvalue weighted by Crippen LogP contribution is 2.22. The van der Waals surface area contributed by atoms with Gasteiger partial charge < -0.3 is 0 Å². The molecular weight excluding hydrogens is 180 g/mol. The number of carbonyl (C=O) groups is 1. The van der Waals surface area contributed by atoms with Crippen molar-refractivity contribution >= 4 is 29.7 Å². The van der Waals surface area contributed by atoms with E-state index in [-0.39, 0.29) is 0 Å². The summed E-state index contributed by atoms with van der Waals surface area (Å²) in [6, 6.07) is 11.6. The van der Waals surface area contributed by atoms with E-state index in [0.717, 1.165) is 22.0 Å². The molecule has 0 atom stereocenters. The second-order valence-corrected chi connectivity index (χ2v) is 3.32. The fraction of sp³-hybridized carbons (Fsp3) is 0. The Balaban J connectivity index is 2.91. The van der Waals surface area contributed by atoms with Crippen LogP contribution in [0.15, 0.2) is 41.3 Å². The summed E-state index contributed by atoms with van der Waals surface area (Å²) in [4.78, 5) is 11.5. The fourth-order valence-corrected chi connectivity index (χ4v) is 1.66. The van der Waals surface area contributed by atoms with Gasteiger partial charge in [0, 0.05) is 10.5 Å². The van der Waals surface area contributed by atoms with Crippen LogP contribution in [0, 0.1) is 0 Å². The summed E-state index contributed by atoms with van der Waals surface area (Å²) < 4.78 is 0. The van der Waals surface area contributed by atoms with Gasteiger partial charge in [-0.25, -0.2) is 0 Å². The normalized spacial score (nSPS) is 10.2. The van der Waals surface area contributed by atoms with Crippen molar-refractivity contribution in [3.63, 3.8) is 0 Å². The zero-order valence-electron chi connectivity index (χ0n) is 6.90. The van der Waals surface area contributed by atoms with Crippen molar-refractivity contribution < 1.29 is 4.79 Å². The van der Waals surface area contributed by atoms with Gasteiger partial charge in [-0.3, -0.25) is 4.79 Å². The molecule has 0 heterocycles. The molecule has 64 valence electrons. The molecule has 13 heavy (non-hydrogen) atoms. The summed E-state index contributed by atoms with van der Waals surface area (Å²) in [6.07, 6.45) is 0.852. The molecule has 0 spiro atoms. The maximum Gasteiger partial charge on any atom is 0.151 e. The molecule has 2 aromatic rings. The molecule has 0 aliphatic heterocycles. The van der Waals surface area contributed by atoms with Crippen LogP contribution in [-0.4, -0.2) is 6.29 Å². The molecular formula is C11H8OS. The molecule has 1 nitrogen and oxygen atoms in total. The first-order chi connectivity index (χ1) is 6.33. The highest BCUT2D eigenvalue weighted by Gasteiger charge is 2.02. The lowest BCUT2D eigenvalue weighted by Gasteiger charge is -2.02. The average Bonchev–Trinajstić information content (AvgIpc) is 2.18. The predicted octanol–water partition coefficient (Wildman–Crippen LogP) is 2.94. The molecule has 0 N–H and O–H groups in total. The third kappa shape index (κ3) is 1.33. The number of aldehydes is 1. The van der Waals surface area contributed by atoms with E-state index in [1.807, 2.05) is 36.4 Å². The van der Waals surface area contributed by atoms with E-state index in [4.69, 9.17) is 0 Å². The standard InChI is InChI=1S/C11H8OS/c12-7-10-9-4-2-1-3-8(9)5-6-11(10)13/h1-7,13H. The largest absolute Gasteiger partial charge is 0.298 e. The van der Waals surface area contributed by atoms with Crippen LogP contribution < -0.4 is 0 Å². The van der Waals surface area contributed by atoms with Gasteiger partial charge in [-0.15, -0.1) is 12.6 Å². The molecule has 0 unspecified atom stereocenters. The number of hydrogen-bond acceptors (Lipinski definition) is 2. The van der Waals surface area contributed by atoms with Crippen molar-refractivity contribution in [3.8, 4) is 0 Å². The van der Waals surface area contributed by atoms with Gasteiger partial charge in [-0.2, -0.15) is 0 Å². The molecule has 0 fully saturated rings. The van der Waals surface area contributed by atoms with Crippen molar-refractivity contribution in [2.75, 3.05) is 0 Å². The summed E-state index contributed by atoms with van der Waals surface area (Å²) in [5.41, 5.74) is 0.668. The third-order valence-electron chi connectivity index (χ3n) is 2.07.